The fourth-order valence-corrected chi connectivity index (χ4v) is 4.13. The lowest BCUT2D eigenvalue weighted by atomic mass is 9.91. The lowest BCUT2D eigenvalue weighted by molar-refractivity contribution is 0.0894. The van der Waals surface area contributed by atoms with E-state index in [1.165, 1.54) is 0 Å². The molecule has 0 unspecified atom stereocenters. The molecule has 2 aromatic heterocycles. The van der Waals surface area contributed by atoms with Gasteiger partial charge in [-0.05, 0) is 72.9 Å². The fraction of sp³-hybridized carbons (Fsp3) is 0.478. The monoisotopic (exact) mass is 424 g/mol. The Morgan fingerprint density at radius 2 is 1.23 bits per heavy atom. The number of aliphatic hydroxyl groups is 2. The van der Waals surface area contributed by atoms with Crippen LogP contribution in [0, 0.1) is 0 Å². The van der Waals surface area contributed by atoms with E-state index in [4.69, 9.17) is 9.68 Å². The first-order valence-electron chi connectivity index (χ1n) is 10.9. The van der Waals surface area contributed by atoms with Gasteiger partial charge in [0.05, 0.1) is 24.6 Å². The second-order valence-corrected chi connectivity index (χ2v) is 7.71. The van der Waals surface area contributed by atoms with Crippen molar-refractivity contribution in [2.45, 2.75) is 58.2 Å². The predicted octanol–water partition coefficient (Wildman–Crippen LogP) is 2.67. The SMILES string of the molecule is OCc1ccnc2c1CCCC2=NOCCCON=C1CCCc2c(CO)ccnc21. The van der Waals surface area contributed by atoms with E-state index in [9.17, 15) is 10.2 Å². The van der Waals surface area contributed by atoms with Crippen LogP contribution in [0.3, 0.4) is 0 Å². The average molecular weight is 425 g/mol. The summed E-state index contributed by atoms with van der Waals surface area (Å²) in [5.74, 6) is 0. The number of aliphatic hydroxyl groups excluding tert-OH is 2. The molecule has 0 aromatic carbocycles. The van der Waals surface area contributed by atoms with Gasteiger partial charge in [-0.15, -0.1) is 0 Å². The third kappa shape index (κ3) is 4.91. The molecule has 0 aliphatic heterocycles. The van der Waals surface area contributed by atoms with Crippen LogP contribution in [0.5, 0.6) is 0 Å². The van der Waals surface area contributed by atoms with Crippen molar-refractivity contribution in [2.75, 3.05) is 13.2 Å². The highest BCUT2D eigenvalue weighted by Crippen LogP contribution is 2.24. The number of hydrogen-bond acceptors (Lipinski definition) is 8. The van der Waals surface area contributed by atoms with E-state index >= 15 is 0 Å². The summed E-state index contributed by atoms with van der Waals surface area (Å²) in [6, 6.07) is 3.71. The maximum atomic E-state index is 9.51. The van der Waals surface area contributed by atoms with Gasteiger partial charge in [0.15, 0.2) is 0 Å². The molecule has 8 heteroatoms. The molecular formula is C23H28N4O4. The molecule has 0 radical (unpaired) electrons. The number of nitrogens with zero attached hydrogens (tertiary/aromatic N) is 4. The summed E-state index contributed by atoms with van der Waals surface area (Å²) in [4.78, 5) is 19.9. The summed E-state index contributed by atoms with van der Waals surface area (Å²) in [5, 5.41) is 27.6. The molecular weight excluding hydrogens is 396 g/mol. The number of fused-ring (bicyclic) bond motifs is 2. The predicted molar refractivity (Wildman–Crippen MR) is 116 cm³/mol. The third-order valence-corrected chi connectivity index (χ3v) is 5.69. The standard InChI is InChI=1S/C23H28N4O4/c28-14-16-8-10-24-22-18(16)4-1-6-20(22)26-30-12-3-13-31-27-21-7-2-5-19-17(15-29)9-11-25-23(19)21/h8-11,28-29H,1-7,12-15H2. The second kappa shape index (κ2) is 10.5. The van der Waals surface area contributed by atoms with Gasteiger partial charge in [-0.2, -0.15) is 0 Å². The zero-order valence-corrected chi connectivity index (χ0v) is 17.6. The molecule has 0 fully saturated rings. The van der Waals surface area contributed by atoms with Gasteiger partial charge in [-0.25, -0.2) is 0 Å². The summed E-state index contributed by atoms with van der Waals surface area (Å²) in [5.41, 5.74) is 7.32. The van der Waals surface area contributed by atoms with Crippen LogP contribution in [-0.2, 0) is 35.7 Å². The Kier molecular flexibility index (Phi) is 7.22. The van der Waals surface area contributed by atoms with Crippen LogP contribution in [0.1, 0.15) is 65.7 Å². The normalized spacial score (nSPS) is 18.0. The largest absolute Gasteiger partial charge is 0.395 e. The van der Waals surface area contributed by atoms with Crippen LogP contribution in [0.15, 0.2) is 34.8 Å². The zero-order chi connectivity index (χ0) is 21.5. The Morgan fingerprint density at radius 1 is 0.742 bits per heavy atom. The number of rotatable bonds is 8. The van der Waals surface area contributed by atoms with E-state index in [1.54, 1.807) is 12.4 Å². The van der Waals surface area contributed by atoms with Gasteiger partial charge in [-0.1, -0.05) is 10.3 Å². The number of hydrogen-bond donors (Lipinski definition) is 2. The first kappa shape index (κ1) is 21.4. The quantitative estimate of drug-likeness (QED) is 0.498. The van der Waals surface area contributed by atoms with Crippen LogP contribution in [-0.4, -0.2) is 44.8 Å². The molecule has 2 aliphatic rings. The lowest BCUT2D eigenvalue weighted by Crippen LogP contribution is -2.17. The van der Waals surface area contributed by atoms with Crippen molar-refractivity contribution in [1.29, 1.82) is 0 Å². The summed E-state index contributed by atoms with van der Waals surface area (Å²) >= 11 is 0. The Bertz CT molecular complexity index is 897. The first-order chi connectivity index (χ1) is 15.3. The van der Waals surface area contributed by atoms with E-state index in [1.807, 2.05) is 12.1 Å². The van der Waals surface area contributed by atoms with Gasteiger partial charge in [0.2, 0.25) is 0 Å². The van der Waals surface area contributed by atoms with Crippen molar-refractivity contribution in [1.82, 2.24) is 9.97 Å². The van der Waals surface area contributed by atoms with Gasteiger partial charge >= 0.3 is 0 Å². The molecule has 2 N–H and O–H groups in total. The average Bonchev–Trinajstić information content (AvgIpc) is 2.82. The molecule has 0 amide bonds. The van der Waals surface area contributed by atoms with Crippen molar-refractivity contribution in [3.63, 3.8) is 0 Å². The Hall–Kier alpha value is -2.84. The highest BCUT2D eigenvalue weighted by Gasteiger charge is 2.21. The van der Waals surface area contributed by atoms with Crippen LogP contribution in [0.4, 0.5) is 0 Å². The smallest absolute Gasteiger partial charge is 0.120 e. The zero-order valence-electron chi connectivity index (χ0n) is 17.6. The Balaban J connectivity index is 1.27. The van der Waals surface area contributed by atoms with Gasteiger partial charge in [0, 0.05) is 18.8 Å². The summed E-state index contributed by atoms with van der Waals surface area (Å²) in [6.45, 7) is 0.875. The molecule has 2 heterocycles. The molecule has 2 aliphatic carbocycles. The Labute approximate surface area is 181 Å². The van der Waals surface area contributed by atoms with Crippen molar-refractivity contribution >= 4 is 11.4 Å². The molecule has 4 rings (SSSR count). The Morgan fingerprint density at radius 3 is 1.68 bits per heavy atom. The molecule has 0 saturated heterocycles. The third-order valence-electron chi connectivity index (χ3n) is 5.69. The molecule has 164 valence electrons. The van der Waals surface area contributed by atoms with Crippen LogP contribution >= 0.6 is 0 Å². The lowest BCUT2D eigenvalue weighted by Gasteiger charge is -2.19. The van der Waals surface area contributed by atoms with Gasteiger partial charge in [-0.3, -0.25) is 9.97 Å². The van der Waals surface area contributed by atoms with E-state index in [0.717, 1.165) is 83.6 Å². The van der Waals surface area contributed by atoms with E-state index in [2.05, 4.69) is 20.3 Å². The minimum atomic E-state index is 0.0140. The van der Waals surface area contributed by atoms with Crippen LogP contribution in [0.2, 0.25) is 0 Å². The van der Waals surface area contributed by atoms with Gasteiger partial charge < -0.3 is 19.9 Å². The van der Waals surface area contributed by atoms with Crippen molar-refractivity contribution in [3.8, 4) is 0 Å². The highest BCUT2D eigenvalue weighted by molar-refractivity contribution is 6.01. The van der Waals surface area contributed by atoms with Gasteiger partial charge in [0.1, 0.15) is 24.6 Å². The van der Waals surface area contributed by atoms with E-state index in [-0.39, 0.29) is 13.2 Å². The van der Waals surface area contributed by atoms with E-state index < -0.39 is 0 Å². The molecule has 0 spiro atoms. The molecule has 0 bridgehead atoms. The van der Waals surface area contributed by atoms with Gasteiger partial charge in [0.25, 0.3) is 0 Å². The minimum Gasteiger partial charge on any atom is -0.395 e. The fourth-order valence-electron chi connectivity index (χ4n) is 4.13. The van der Waals surface area contributed by atoms with E-state index in [0.29, 0.717) is 19.6 Å². The molecule has 8 nitrogen and oxygen atoms in total. The number of aromatic nitrogens is 2. The number of oxime groups is 2. The van der Waals surface area contributed by atoms with Crippen LogP contribution < -0.4 is 0 Å². The first-order valence-corrected chi connectivity index (χ1v) is 10.9. The summed E-state index contributed by atoms with van der Waals surface area (Å²) in [6.07, 6.45) is 9.47. The molecule has 0 atom stereocenters. The highest BCUT2D eigenvalue weighted by atomic mass is 16.6. The topological polar surface area (TPSA) is 109 Å². The molecule has 0 saturated carbocycles. The molecule has 2 aromatic rings. The van der Waals surface area contributed by atoms with Crippen LogP contribution in [0.25, 0.3) is 0 Å². The number of pyridine rings is 2. The van der Waals surface area contributed by atoms with Crippen molar-refractivity contribution < 1.29 is 19.9 Å². The minimum absolute atomic E-state index is 0.0140. The second-order valence-electron chi connectivity index (χ2n) is 7.71. The summed E-state index contributed by atoms with van der Waals surface area (Å²) in [7, 11) is 0. The maximum Gasteiger partial charge on any atom is 0.120 e. The molecule has 31 heavy (non-hydrogen) atoms. The maximum absolute atomic E-state index is 9.51. The van der Waals surface area contributed by atoms with Crippen molar-refractivity contribution in [3.05, 3.63) is 58.2 Å². The van der Waals surface area contributed by atoms with Crippen molar-refractivity contribution in [2.24, 2.45) is 10.3 Å². The summed E-state index contributed by atoms with van der Waals surface area (Å²) < 4.78 is 0.